The van der Waals surface area contributed by atoms with Gasteiger partial charge in [0.15, 0.2) is 10.9 Å². The average molecular weight is 458 g/mol. The lowest BCUT2D eigenvalue weighted by Gasteiger charge is -2.16. The molecule has 33 heavy (non-hydrogen) atoms. The Balaban J connectivity index is 1.65. The predicted octanol–water partition coefficient (Wildman–Crippen LogP) is 4.94. The Kier molecular flexibility index (Phi) is 6.42. The van der Waals surface area contributed by atoms with E-state index < -0.39 is 0 Å². The van der Waals surface area contributed by atoms with Crippen LogP contribution in [0.2, 0.25) is 0 Å². The van der Waals surface area contributed by atoms with Gasteiger partial charge < -0.3 is 5.32 Å². The van der Waals surface area contributed by atoms with Crippen molar-refractivity contribution in [2.24, 2.45) is 0 Å². The fourth-order valence-electron chi connectivity index (χ4n) is 3.50. The Hall–Kier alpha value is -3.71. The number of para-hydroxylation sites is 1. The molecule has 4 rings (SSSR count). The van der Waals surface area contributed by atoms with Gasteiger partial charge in [0.05, 0.1) is 22.3 Å². The number of Topliss-reactive ketones (excluding diaryl/α,β-unsaturated/α-hetero) is 1. The molecule has 0 radical (unpaired) electrons. The largest absolute Gasteiger partial charge is 0.325 e. The molecular weight excluding hydrogens is 434 g/mol. The zero-order chi connectivity index (χ0) is 23.5. The number of hydrogen-bond acceptors (Lipinski definition) is 5. The number of nitrogens with one attached hydrogen (secondary N) is 1. The monoisotopic (exact) mass is 457 g/mol. The van der Waals surface area contributed by atoms with Crippen LogP contribution in [0.25, 0.3) is 16.6 Å². The van der Waals surface area contributed by atoms with Crippen LogP contribution in [0.3, 0.4) is 0 Å². The number of ketones is 1. The second-order valence-electron chi connectivity index (χ2n) is 7.81. The summed E-state index contributed by atoms with van der Waals surface area (Å²) in [6.45, 7) is 5.42. The molecule has 0 spiro atoms. The SMILES string of the molecule is CC(=O)c1ccc(NC(=O)CSc2nc3ccccc3c(=O)n2-c2cc(C)ccc2C)cc1. The summed E-state index contributed by atoms with van der Waals surface area (Å²) in [6, 6.07) is 19.9. The number of rotatable bonds is 6. The summed E-state index contributed by atoms with van der Waals surface area (Å²) in [5.41, 5.74) is 4.32. The van der Waals surface area contributed by atoms with Gasteiger partial charge >= 0.3 is 0 Å². The minimum absolute atomic E-state index is 0.0322. The molecule has 0 aliphatic heterocycles. The van der Waals surface area contributed by atoms with Crippen LogP contribution in [0, 0.1) is 13.8 Å². The van der Waals surface area contributed by atoms with E-state index in [2.05, 4.69) is 5.32 Å². The van der Waals surface area contributed by atoms with Crippen molar-refractivity contribution in [3.05, 3.63) is 93.8 Å². The third-order valence-corrected chi connectivity index (χ3v) is 6.20. The van der Waals surface area contributed by atoms with Crippen LogP contribution in [-0.2, 0) is 4.79 Å². The number of fused-ring (bicyclic) bond motifs is 1. The molecule has 1 heterocycles. The number of anilines is 1. The van der Waals surface area contributed by atoms with E-state index in [0.717, 1.165) is 16.8 Å². The highest BCUT2D eigenvalue weighted by atomic mass is 32.2. The third kappa shape index (κ3) is 4.88. The molecule has 166 valence electrons. The van der Waals surface area contributed by atoms with Gasteiger partial charge in [0, 0.05) is 11.3 Å². The fourth-order valence-corrected chi connectivity index (χ4v) is 4.30. The highest BCUT2D eigenvalue weighted by molar-refractivity contribution is 7.99. The van der Waals surface area contributed by atoms with Gasteiger partial charge in [-0.25, -0.2) is 4.98 Å². The summed E-state index contributed by atoms with van der Waals surface area (Å²) in [5, 5.41) is 3.80. The highest BCUT2D eigenvalue weighted by Crippen LogP contribution is 2.24. The number of benzene rings is 3. The average Bonchev–Trinajstić information content (AvgIpc) is 2.80. The fraction of sp³-hybridized carbons (Fsp3) is 0.154. The summed E-state index contributed by atoms with van der Waals surface area (Å²) >= 11 is 1.21. The van der Waals surface area contributed by atoms with E-state index in [1.54, 1.807) is 41.0 Å². The maximum atomic E-state index is 13.4. The molecule has 4 aromatic rings. The van der Waals surface area contributed by atoms with E-state index >= 15 is 0 Å². The Bertz CT molecular complexity index is 1430. The van der Waals surface area contributed by atoms with Crippen LogP contribution < -0.4 is 10.9 Å². The summed E-state index contributed by atoms with van der Waals surface area (Å²) < 4.78 is 1.59. The van der Waals surface area contributed by atoms with Crippen molar-refractivity contribution in [2.45, 2.75) is 25.9 Å². The van der Waals surface area contributed by atoms with Gasteiger partial charge in [-0.05, 0) is 74.4 Å². The molecule has 0 atom stereocenters. The van der Waals surface area contributed by atoms with E-state index in [0.29, 0.717) is 27.3 Å². The number of amides is 1. The maximum Gasteiger partial charge on any atom is 0.266 e. The van der Waals surface area contributed by atoms with Crippen LogP contribution in [-0.4, -0.2) is 27.0 Å². The maximum absolute atomic E-state index is 13.4. The Labute approximate surface area is 195 Å². The lowest BCUT2D eigenvalue weighted by Crippen LogP contribution is -2.23. The molecule has 1 aromatic heterocycles. The molecule has 0 saturated carbocycles. The van der Waals surface area contributed by atoms with Gasteiger partial charge in [-0.1, -0.05) is 36.0 Å². The number of hydrogen-bond donors (Lipinski definition) is 1. The molecule has 0 aliphatic rings. The molecule has 1 amide bonds. The standard InChI is InChI=1S/C26H23N3O3S/c1-16-8-9-17(2)23(14-16)29-25(32)21-6-4-5-7-22(21)28-26(29)33-15-24(31)27-20-12-10-19(11-13-20)18(3)30/h4-14H,15H2,1-3H3,(H,27,31). The molecule has 0 bridgehead atoms. The summed E-state index contributed by atoms with van der Waals surface area (Å²) in [7, 11) is 0. The lowest BCUT2D eigenvalue weighted by atomic mass is 10.1. The lowest BCUT2D eigenvalue weighted by molar-refractivity contribution is -0.113. The number of nitrogens with zero attached hydrogens (tertiary/aromatic N) is 2. The molecule has 1 N–H and O–H groups in total. The molecule has 0 saturated heterocycles. The summed E-state index contributed by atoms with van der Waals surface area (Å²) in [6.07, 6.45) is 0. The first-order valence-electron chi connectivity index (χ1n) is 10.5. The quantitative estimate of drug-likeness (QED) is 0.252. The van der Waals surface area contributed by atoms with E-state index in [9.17, 15) is 14.4 Å². The molecule has 0 aliphatic carbocycles. The minimum atomic E-state index is -0.231. The number of carbonyl (C=O) groups excluding carboxylic acids is 2. The first kappa shape index (κ1) is 22.5. The first-order valence-corrected chi connectivity index (χ1v) is 11.4. The van der Waals surface area contributed by atoms with Crippen molar-refractivity contribution in [2.75, 3.05) is 11.1 Å². The third-order valence-electron chi connectivity index (χ3n) is 5.26. The molecule has 7 heteroatoms. The minimum Gasteiger partial charge on any atom is -0.325 e. The van der Waals surface area contributed by atoms with Crippen molar-refractivity contribution in [1.29, 1.82) is 0 Å². The number of aromatic nitrogens is 2. The first-order chi connectivity index (χ1) is 15.8. The van der Waals surface area contributed by atoms with Crippen molar-refractivity contribution < 1.29 is 9.59 Å². The highest BCUT2D eigenvalue weighted by Gasteiger charge is 2.16. The van der Waals surface area contributed by atoms with Crippen LogP contribution in [0.1, 0.15) is 28.4 Å². The summed E-state index contributed by atoms with van der Waals surface area (Å²) in [4.78, 5) is 42.2. The van der Waals surface area contributed by atoms with Crippen molar-refractivity contribution in [3.63, 3.8) is 0 Å². The molecule has 0 unspecified atom stereocenters. The zero-order valence-electron chi connectivity index (χ0n) is 18.6. The van der Waals surface area contributed by atoms with E-state index in [1.807, 2.05) is 44.2 Å². The van der Waals surface area contributed by atoms with E-state index in [1.165, 1.54) is 18.7 Å². The Morgan fingerprint density at radius 2 is 1.73 bits per heavy atom. The second kappa shape index (κ2) is 9.42. The van der Waals surface area contributed by atoms with E-state index in [-0.39, 0.29) is 23.0 Å². The molecule has 6 nitrogen and oxygen atoms in total. The van der Waals surface area contributed by atoms with Gasteiger partial charge in [0.1, 0.15) is 0 Å². The molecular formula is C26H23N3O3S. The van der Waals surface area contributed by atoms with Crippen LogP contribution >= 0.6 is 11.8 Å². The smallest absolute Gasteiger partial charge is 0.266 e. The zero-order valence-corrected chi connectivity index (χ0v) is 19.4. The molecule has 3 aromatic carbocycles. The Morgan fingerprint density at radius 3 is 2.45 bits per heavy atom. The topological polar surface area (TPSA) is 81.1 Å². The molecule has 0 fully saturated rings. The van der Waals surface area contributed by atoms with Crippen LogP contribution in [0.15, 0.2) is 76.7 Å². The number of aryl methyl sites for hydroxylation is 2. The van der Waals surface area contributed by atoms with Gasteiger partial charge in [0.25, 0.3) is 5.56 Å². The van der Waals surface area contributed by atoms with Crippen molar-refractivity contribution in [1.82, 2.24) is 9.55 Å². The summed E-state index contributed by atoms with van der Waals surface area (Å²) in [5.74, 6) is -0.190. The van der Waals surface area contributed by atoms with Gasteiger partial charge in [-0.2, -0.15) is 0 Å². The van der Waals surface area contributed by atoms with Crippen LogP contribution in [0.4, 0.5) is 5.69 Å². The number of thioether (sulfide) groups is 1. The van der Waals surface area contributed by atoms with E-state index in [4.69, 9.17) is 4.98 Å². The number of carbonyl (C=O) groups is 2. The van der Waals surface area contributed by atoms with Gasteiger partial charge in [-0.3, -0.25) is 19.0 Å². The van der Waals surface area contributed by atoms with Crippen LogP contribution in [0.5, 0.6) is 0 Å². The second-order valence-corrected chi connectivity index (χ2v) is 8.75. The van der Waals surface area contributed by atoms with Gasteiger partial charge in [0.2, 0.25) is 5.91 Å². The predicted molar refractivity (Wildman–Crippen MR) is 133 cm³/mol. The van der Waals surface area contributed by atoms with Crippen molar-refractivity contribution >= 4 is 40.0 Å². The van der Waals surface area contributed by atoms with Gasteiger partial charge in [-0.15, -0.1) is 0 Å². The normalized spacial score (nSPS) is 10.9. The Morgan fingerprint density at radius 1 is 1.00 bits per heavy atom. The van der Waals surface area contributed by atoms with Crippen molar-refractivity contribution in [3.8, 4) is 5.69 Å².